The Balaban J connectivity index is 1.08. The molecule has 2 bridgehead atoms. The molecule has 4 N–H and O–H groups in total. The van der Waals surface area contributed by atoms with Gasteiger partial charge in [0.25, 0.3) is 0 Å². The molecule has 0 saturated carbocycles. The van der Waals surface area contributed by atoms with Crippen molar-refractivity contribution >= 4 is 43.5 Å². The summed E-state index contributed by atoms with van der Waals surface area (Å²) in [6.45, 7) is 0.240. The van der Waals surface area contributed by atoms with Gasteiger partial charge < -0.3 is 45.1 Å². The number of esters is 1. The van der Waals surface area contributed by atoms with Crippen LogP contribution in [0.25, 0.3) is 11.1 Å². The van der Waals surface area contributed by atoms with E-state index in [1.807, 2.05) is 54.6 Å². The van der Waals surface area contributed by atoms with Gasteiger partial charge in [-0.25, -0.2) is 14.2 Å². The lowest BCUT2D eigenvalue weighted by Gasteiger charge is -2.33. The molecule has 8 rings (SSSR count). The number of carbonyl (C=O) groups is 6. The van der Waals surface area contributed by atoms with Gasteiger partial charge in [-0.1, -0.05) is 140 Å². The average molecular weight is 1060 g/mol. The fraction of sp³-hybridized carbons (Fsp3) is 0.357. The van der Waals surface area contributed by atoms with Crippen molar-refractivity contribution in [1.82, 2.24) is 26.2 Å². The normalized spacial score (nSPS) is 20.9. The second kappa shape index (κ2) is 26.5. The molecule has 2 fully saturated rings. The lowest BCUT2D eigenvalue weighted by atomic mass is 9.98. The highest BCUT2D eigenvalue weighted by Gasteiger charge is 2.47. The second-order valence-electron chi connectivity index (χ2n) is 18.5. The average Bonchev–Trinajstić information content (AvgIpc) is 4.03. The van der Waals surface area contributed by atoms with Gasteiger partial charge in [0.05, 0.1) is 52.4 Å². The molecule has 0 spiro atoms. The zero-order valence-corrected chi connectivity index (χ0v) is 43.1. The van der Waals surface area contributed by atoms with E-state index in [2.05, 4.69) is 21.3 Å². The molecule has 2 aliphatic heterocycles. The van der Waals surface area contributed by atoms with Gasteiger partial charge in [-0.2, -0.15) is 0 Å². The first kappa shape index (κ1) is 55.0. The lowest BCUT2D eigenvalue weighted by Crippen LogP contribution is -2.61. The number of phosphoric ester groups is 1. The molecule has 0 aromatic heterocycles. The first-order chi connectivity index (χ1) is 36.9. The van der Waals surface area contributed by atoms with E-state index in [1.54, 1.807) is 84.9 Å². The van der Waals surface area contributed by atoms with Gasteiger partial charge in [-0.05, 0) is 52.3 Å². The SMILES string of the molecule is COC(=O)[C@@H]1C[C@@H]2CN1C(=O)[C@H]([C@@H](C)OP(=O)(OCc1ccccc1)OCc1ccccc1)NC(=O)[C@H](COCc1ccccc1)NC(=O)[C@@H](NC(=O)OCC1c3ccccc3-c3ccccc31)CCC(=O)NCCO2. The molecular formula is C56H62N5O14P. The van der Waals surface area contributed by atoms with Gasteiger partial charge in [0.1, 0.15) is 30.8 Å². The van der Waals surface area contributed by atoms with Crippen LogP contribution < -0.4 is 21.3 Å². The summed E-state index contributed by atoms with van der Waals surface area (Å²) in [4.78, 5) is 86.1. The maximum Gasteiger partial charge on any atom is 0.475 e. The van der Waals surface area contributed by atoms with Crippen LogP contribution >= 0.6 is 7.82 Å². The van der Waals surface area contributed by atoms with E-state index in [1.165, 1.54) is 18.9 Å². The van der Waals surface area contributed by atoms with Gasteiger partial charge in [-0.3, -0.25) is 32.7 Å². The predicted molar refractivity (Wildman–Crippen MR) is 277 cm³/mol. The maximum atomic E-state index is 15.1. The summed E-state index contributed by atoms with van der Waals surface area (Å²) in [6, 6.07) is 36.4. The van der Waals surface area contributed by atoms with Gasteiger partial charge in [0.15, 0.2) is 0 Å². The van der Waals surface area contributed by atoms with Crippen molar-refractivity contribution in [2.45, 2.75) is 88.3 Å². The van der Waals surface area contributed by atoms with Crippen LogP contribution in [0, 0.1) is 0 Å². The largest absolute Gasteiger partial charge is 0.475 e. The topological polar surface area (TPSA) is 235 Å². The molecule has 2 heterocycles. The van der Waals surface area contributed by atoms with Crippen molar-refractivity contribution in [3.63, 3.8) is 0 Å². The Hall–Kier alpha value is -7.25. The fourth-order valence-corrected chi connectivity index (χ4v) is 10.6. The quantitative estimate of drug-likeness (QED) is 0.0609. The number of nitrogens with one attached hydrogen (secondary N) is 4. The fourth-order valence-electron chi connectivity index (χ4n) is 9.31. The van der Waals surface area contributed by atoms with E-state index >= 15 is 4.79 Å². The van der Waals surface area contributed by atoms with Crippen molar-refractivity contribution in [2.75, 3.05) is 40.0 Å². The van der Waals surface area contributed by atoms with Crippen LogP contribution in [0.15, 0.2) is 140 Å². The zero-order valence-electron chi connectivity index (χ0n) is 42.2. The molecule has 19 nitrogen and oxygen atoms in total. The molecule has 20 heteroatoms. The number of rotatable bonds is 17. The molecule has 5 aromatic carbocycles. The minimum absolute atomic E-state index is 0.000622. The van der Waals surface area contributed by atoms with E-state index < -0.39 is 86.5 Å². The molecule has 76 heavy (non-hydrogen) atoms. The molecule has 5 amide bonds. The lowest BCUT2D eigenvalue weighted by molar-refractivity contribution is -0.153. The Bertz CT molecular complexity index is 2750. The van der Waals surface area contributed by atoms with E-state index in [4.69, 9.17) is 32.5 Å². The maximum absolute atomic E-state index is 15.1. The molecule has 6 atom stereocenters. The number of nitrogens with zero attached hydrogens (tertiary/aromatic N) is 1. The van der Waals surface area contributed by atoms with Crippen LogP contribution in [0.2, 0.25) is 0 Å². The highest BCUT2D eigenvalue weighted by Crippen LogP contribution is 2.52. The minimum Gasteiger partial charge on any atom is -0.467 e. The molecule has 0 unspecified atom stereocenters. The molecule has 2 saturated heterocycles. The zero-order chi connectivity index (χ0) is 53.4. The summed E-state index contributed by atoms with van der Waals surface area (Å²) >= 11 is 0. The Morgan fingerprint density at radius 1 is 0.737 bits per heavy atom. The third-order valence-electron chi connectivity index (χ3n) is 13.2. The number of phosphoric acid groups is 1. The van der Waals surface area contributed by atoms with E-state index in [9.17, 15) is 28.5 Å². The van der Waals surface area contributed by atoms with Gasteiger partial charge in [0, 0.05) is 31.8 Å². The van der Waals surface area contributed by atoms with Crippen LogP contribution in [-0.4, -0.2) is 117 Å². The second-order valence-corrected chi connectivity index (χ2v) is 20.1. The number of hydrogen-bond donors (Lipinski definition) is 4. The van der Waals surface area contributed by atoms with Crippen molar-refractivity contribution in [3.8, 4) is 11.1 Å². The number of amides is 5. The first-order valence-corrected chi connectivity index (χ1v) is 26.6. The number of hydrogen-bond acceptors (Lipinski definition) is 14. The smallest absolute Gasteiger partial charge is 0.467 e. The van der Waals surface area contributed by atoms with Crippen LogP contribution in [0.5, 0.6) is 0 Å². The van der Waals surface area contributed by atoms with Crippen LogP contribution in [0.3, 0.4) is 0 Å². The van der Waals surface area contributed by atoms with E-state index in [0.29, 0.717) is 11.1 Å². The Kier molecular flexibility index (Phi) is 19.2. The summed E-state index contributed by atoms with van der Waals surface area (Å²) in [5.41, 5.74) is 5.99. The summed E-state index contributed by atoms with van der Waals surface area (Å²) in [6.07, 6.45) is -3.67. The van der Waals surface area contributed by atoms with Crippen molar-refractivity contribution in [1.29, 1.82) is 0 Å². The standard InChI is InChI=1S/C56H62N5O14P/c1-37(75-76(68,73-33-39-18-8-4-9-19-39)74-34-40-20-10-5-11-21-40)51-54(65)61-31-41(30-49(61)55(66)69-2)71-29-28-57-50(62)27-26-47(52(63)58-48(53(64)60-51)36-70-32-38-16-6-3-7-17-38)59-56(67)72-35-46-44-24-14-12-22-42(44)43-23-13-15-25-45(43)46/h3-25,37,41,46-49,51H,26-36H2,1-2H3,(H,57,62)(H,58,63)(H,59,67)(H,60,64)/t37-,41-,47+,48+,49+,51+/m1/s1. The number of alkyl carbamates (subject to hydrolysis) is 1. The third kappa shape index (κ3) is 14.6. The number of ether oxygens (including phenoxy) is 4. The van der Waals surface area contributed by atoms with Gasteiger partial charge in [-0.15, -0.1) is 0 Å². The van der Waals surface area contributed by atoms with Gasteiger partial charge in [0.2, 0.25) is 23.6 Å². The predicted octanol–water partition coefficient (Wildman–Crippen LogP) is 6.10. The van der Waals surface area contributed by atoms with E-state index in [0.717, 1.165) is 27.8 Å². The van der Waals surface area contributed by atoms with E-state index in [-0.39, 0.29) is 71.3 Å². The van der Waals surface area contributed by atoms with Crippen molar-refractivity contribution < 1.29 is 65.9 Å². The number of carbonyl (C=O) groups excluding carboxylic acids is 6. The molecule has 0 radical (unpaired) electrons. The number of methoxy groups -OCH3 is 1. The molecule has 400 valence electrons. The molecule has 3 aliphatic rings. The monoisotopic (exact) mass is 1060 g/mol. The number of fused-ring (bicyclic) bond motifs is 5. The number of benzene rings is 5. The minimum atomic E-state index is -4.64. The summed E-state index contributed by atoms with van der Waals surface area (Å²) < 4.78 is 55.7. The Labute approximate surface area is 440 Å². The summed E-state index contributed by atoms with van der Waals surface area (Å²) in [7, 11) is -3.47. The van der Waals surface area contributed by atoms with Crippen LogP contribution in [-0.2, 0) is 80.9 Å². The third-order valence-corrected chi connectivity index (χ3v) is 14.7. The molecular weight excluding hydrogens is 998 g/mol. The van der Waals surface area contributed by atoms with Crippen LogP contribution in [0.1, 0.15) is 59.9 Å². The highest BCUT2D eigenvalue weighted by molar-refractivity contribution is 7.48. The first-order valence-electron chi connectivity index (χ1n) is 25.1. The van der Waals surface area contributed by atoms with Crippen molar-refractivity contribution in [3.05, 3.63) is 167 Å². The molecule has 5 aromatic rings. The Morgan fingerprint density at radius 3 is 1.89 bits per heavy atom. The summed E-state index contributed by atoms with van der Waals surface area (Å²) in [5, 5.41) is 10.7. The van der Waals surface area contributed by atoms with Gasteiger partial charge >= 0.3 is 19.9 Å². The highest BCUT2D eigenvalue weighted by atomic mass is 31.2. The summed E-state index contributed by atoms with van der Waals surface area (Å²) in [5.74, 6) is -4.25. The van der Waals surface area contributed by atoms with Crippen molar-refractivity contribution in [2.24, 2.45) is 0 Å². The molecule has 1 aliphatic carbocycles. The Morgan fingerprint density at radius 2 is 1.30 bits per heavy atom. The van der Waals surface area contributed by atoms with Crippen LogP contribution in [0.4, 0.5) is 4.79 Å².